The molecule has 0 aliphatic rings. The van der Waals surface area contributed by atoms with Gasteiger partial charge in [-0.15, -0.1) is 0 Å². The summed E-state index contributed by atoms with van der Waals surface area (Å²) in [6.07, 6.45) is 1.47. The molecule has 0 heterocycles. The van der Waals surface area contributed by atoms with Gasteiger partial charge in [0, 0.05) is 24.2 Å². The van der Waals surface area contributed by atoms with Crippen LogP contribution in [0.2, 0.25) is 0 Å². The number of carboxylic acid groups (broad SMARTS) is 1. The van der Waals surface area contributed by atoms with E-state index < -0.39 is 5.97 Å². The molecule has 0 aliphatic heterocycles. The fourth-order valence-electron chi connectivity index (χ4n) is 2.08. The lowest BCUT2D eigenvalue weighted by Gasteiger charge is -2.24. The maximum absolute atomic E-state index is 12.1. The fraction of sp³-hybridized carbons (Fsp3) is 0.500. The molecule has 0 bridgehead atoms. The molecule has 1 amide bonds. The predicted molar refractivity (Wildman–Crippen MR) is 83.2 cm³/mol. The van der Waals surface area contributed by atoms with E-state index in [1.54, 1.807) is 18.2 Å². The van der Waals surface area contributed by atoms with Crippen LogP contribution in [0.25, 0.3) is 0 Å². The van der Waals surface area contributed by atoms with E-state index in [9.17, 15) is 9.59 Å². The summed E-state index contributed by atoms with van der Waals surface area (Å²) < 4.78 is 0. The SMILES string of the molecule is Cc1c(N)cccc1C(=O)NCCC(C)(C)CCC(=O)O. The van der Waals surface area contributed by atoms with Gasteiger partial charge in [-0.3, -0.25) is 9.59 Å². The molecule has 1 aromatic rings. The number of nitrogens with one attached hydrogen (secondary N) is 1. The van der Waals surface area contributed by atoms with Crippen LogP contribution in [0.3, 0.4) is 0 Å². The van der Waals surface area contributed by atoms with Gasteiger partial charge in [0.05, 0.1) is 0 Å². The highest BCUT2D eigenvalue weighted by Crippen LogP contribution is 2.26. The molecule has 0 spiro atoms. The Morgan fingerprint density at radius 3 is 2.57 bits per heavy atom. The lowest BCUT2D eigenvalue weighted by molar-refractivity contribution is -0.137. The van der Waals surface area contributed by atoms with E-state index in [2.05, 4.69) is 5.32 Å². The van der Waals surface area contributed by atoms with Crippen LogP contribution < -0.4 is 11.1 Å². The van der Waals surface area contributed by atoms with E-state index in [0.29, 0.717) is 24.2 Å². The number of benzene rings is 1. The number of carbonyl (C=O) groups excluding carboxylic acids is 1. The number of amides is 1. The summed E-state index contributed by atoms with van der Waals surface area (Å²) in [5, 5.41) is 11.6. The van der Waals surface area contributed by atoms with Crippen molar-refractivity contribution in [2.75, 3.05) is 12.3 Å². The molecule has 0 radical (unpaired) electrons. The van der Waals surface area contributed by atoms with Crippen LogP contribution in [-0.2, 0) is 4.79 Å². The van der Waals surface area contributed by atoms with Gasteiger partial charge in [-0.25, -0.2) is 0 Å². The second-order valence-corrected chi connectivity index (χ2v) is 6.08. The number of carboxylic acids is 1. The van der Waals surface area contributed by atoms with Crippen LogP contribution in [0.4, 0.5) is 5.69 Å². The molecule has 5 nitrogen and oxygen atoms in total. The third-order valence-corrected chi connectivity index (χ3v) is 3.72. The first kappa shape index (κ1) is 17.0. The predicted octanol–water partition coefficient (Wildman–Crippen LogP) is 2.59. The zero-order valence-corrected chi connectivity index (χ0v) is 12.9. The Labute approximate surface area is 125 Å². The first-order valence-electron chi connectivity index (χ1n) is 7.08. The minimum Gasteiger partial charge on any atom is -0.481 e. The van der Waals surface area contributed by atoms with E-state index >= 15 is 0 Å². The van der Waals surface area contributed by atoms with Gasteiger partial charge in [0.25, 0.3) is 5.91 Å². The Morgan fingerprint density at radius 1 is 1.29 bits per heavy atom. The van der Waals surface area contributed by atoms with Crippen LogP contribution in [0, 0.1) is 12.3 Å². The maximum Gasteiger partial charge on any atom is 0.303 e. The van der Waals surface area contributed by atoms with E-state index in [1.165, 1.54) is 0 Å². The van der Waals surface area contributed by atoms with Gasteiger partial charge in [-0.05, 0) is 42.9 Å². The zero-order chi connectivity index (χ0) is 16.0. The fourth-order valence-corrected chi connectivity index (χ4v) is 2.08. The van der Waals surface area contributed by atoms with Gasteiger partial charge in [-0.2, -0.15) is 0 Å². The monoisotopic (exact) mass is 292 g/mol. The number of nitrogens with two attached hydrogens (primary N) is 1. The van der Waals surface area contributed by atoms with Gasteiger partial charge < -0.3 is 16.2 Å². The lowest BCUT2D eigenvalue weighted by Crippen LogP contribution is -2.29. The molecular weight excluding hydrogens is 268 g/mol. The summed E-state index contributed by atoms with van der Waals surface area (Å²) in [5.41, 5.74) is 7.64. The van der Waals surface area contributed by atoms with Crippen molar-refractivity contribution in [3.05, 3.63) is 29.3 Å². The Balaban J connectivity index is 2.50. The summed E-state index contributed by atoms with van der Waals surface area (Å²) in [6, 6.07) is 5.27. The second kappa shape index (κ2) is 7.11. The van der Waals surface area contributed by atoms with Gasteiger partial charge >= 0.3 is 5.97 Å². The highest BCUT2D eigenvalue weighted by molar-refractivity contribution is 5.96. The molecule has 0 saturated carbocycles. The Kier molecular flexibility index (Phi) is 5.76. The third-order valence-electron chi connectivity index (χ3n) is 3.72. The van der Waals surface area contributed by atoms with Gasteiger partial charge in [0.15, 0.2) is 0 Å². The normalized spacial score (nSPS) is 11.2. The van der Waals surface area contributed by atoms with Crippen molar-refractivity contribution in [3.63, 3.8) is 0 Å². The minimum atomic E-state index is -0.789. The first-order chi connectivity index (χ1) is 9.73. The molecule has 116 valence electrons. The number of aliphatic carboxylic acids is 1. The summed E-state index contributed by atoms with van der Waals surface area (Å²) >= 11 is 0. The average Bonchev–Trinajstić information content (AvgIpc) is 2.39. The number of hydrogen-bond acceptors (Lipinski definition) is 3. The van der Waals surface area contributed by atoms with Crippen molar-refractivity contribution < 1.29 is 14.7 Å². The quantitative estimate of drug-likeness (QED) is 0.673. The smallest absolute Gasteiger partial charge is 0.303 e. The molecule has 0 saturated heterocycles. The molecule has 21 heavy (non-hydrogen) atoms. The van der Waals surface area contributed by atoms with Crippen LogP contribution in [0.1, 0.15) is 49.0 Å². The highest BCUT2D eigenvalue weighted by Gasteiger charge is 2.19. The number of anilines is 1. The van der Waals surface area contributed by atoms with Crippen molar-refractivity contribution >= 4 is 17.6 Å². The molecule has 1 rings (SSSR count). The van der Waals surface area contributed by atoms with Crippen molar-refractivity contribution in [2.24, 2.45) is 5.41 Å². The summed E-state index contributed by atoms with van der Waals surface area (Å²) in [7, 11) is 0. The van der Waals surface area contributed by atoms with Crippen molar-refractivity contribution in [1.82, 2.24) is 5.32 Å². The van der Waals surface area contributed by atoms with Crippen LogP contribution in [0.5, 0.6) is 0 Å². The topological polar surface area (TPSA) is 92.4 Å². The molecule has 0 unspecified atom stereocenters. The van der Waals surface area contributed by atoms with Gasteiger partial charge in [-0.1, -0.05) is 19.9 Å². The van der Waals surface area contributed by atoms with Crippen molar-refractivity contribution in [2.45, 2.75) is 40.0 Å². The van der Waals surface area contributed by atoms with Crippen molar-refractivity contribution in [3.8, 4) is 0 Å². The average molecular weight is 292 g/mol. The number of carbonyl (C=O) groups is 2. The Morgan fingerprint density at radius 2 is 1.95 bits per heavy atom. The summed E-state index contributed by atoms with van der Waals surface area (Å²) in [6.45, 7) is 6.35. The number of hydrogen-bond donors (Lipinski definition) is 3. The minimum absolute atomic E-state index is 0.115. The number of nitrogen functional groups attached to an aromatic ring is 1. The highest BCUT2D eigenvalue weighted by atomic mass is 16.4. The van der Waals surface area contributed by atoms with Gasteiger partial charge in [0.1, 0.15) is 0 Å². The Hall–Kier alpha value is -2.04. The summed E-state index contributed by atoms with van der Waals surface area (Å²) in [4.78, 5) is 22.7. The molecular formula is C16H24N2O3. The van der Waals surface area contributed by atoms with Gasteiger partial charge in [0.2, 0.25) is 0 Å². The van der Waals surface area contributed by atoms with E-state index in [4.69, 9.17) is 10.8 Å². The second-order valence-electron chi connectivity index (χ2n) is 6.08. The van der Waals surface area contributed by atoms with Crippen LogP contribution >= 0.6 is 0 Å². The molecule has 0 atom stereocenters. The van der Waals surface area contributed by atoms with E-state index in [-0.39, 0.29) is 17.7 Å². The third kappa shape index (κ3) is 5.45. The molecule has 0 aromatic heterocycles. The zero-order valence-electron chi connectivity index (χ0n) is 12.9. The lowest BCUT2D eigenvalue weighted by atomic mass is 9.84. The van der Waals surface area contributed by atoms with E-state index in [0.717, 1.165) is 12.0 Å². The summed E-state index contributed by atoms with van der Waals surface area (Å²) in [5.74, 6) is -0.934. The largest absolute Gasteiger partial charge is 0.481 e. The molecule has 5 heteroatoms. The molecule has 0 fully saturated rings. The standard InChI is InChI=1S/C16H24N2O3/c1-11-12(5-4-6-13(11)17)15(21)18-10-9-16(2,3)8-7-14(19)20/h4-6H,7-10,17H2,1-3H3,(H,18,21)(H,19,20). The van der Waals surface area contributed by atoms with Crippen LogP contribution in [-0.4, -0.2) is 23.5 Å². The maximum atomic E-state index is 12.1. The molecule has 4 N–H and O–H groups in total. The van der Waals surface area contributed by atoms with E-state index in [1.807, 2.05) is 20.8 Å². The van der Waals surface area contributed by atoms with Crippen molar-refractivity contribution in [1.29, 1.82) is 0 Å². The molecule has 0 aliphatic carbocycles. The Bertz CT molecular complexity index is 524. The molecule has 1 aromatic carbocycles. The van der Waals surface area contributed by atoms with Crippen LogP contribution in [0.15, 0.2) is 18.2 Å². The first-order valence-corrected chi connectivity index (χ1v) is 7.08. The number of rotatable bonds is 7.